The van der Waals surface area contributed by atoms with E-state index in [0.717, 1.165) is 42.4 Å². The van der Waals surface area contributed by atoms with Gasteiger partial charge in [0.15, 0.2) is 5.78 Å². The highest BCUT2D eigenvalue weighted by atomic mass is 16.5. The first-order chi connectivity index (χ1) is 22.0. The molecule has 2 aliphatic rings. The average Bonchev–Trinajstić information content (AvgIpc) is 3.01. The molecule has 0 aromatic heterocycles. The molecule has 10 heteroatoms. The zero-order valence-electron chi connectivity index (χ0n) is 27.3. The van der Waals surface area contributed by atoms with E-state index in [4.69, 9.17) is 4.74 Å². The van der Waals surface area contributed by atoms with Gasteiger partial charge < -0.3 is 25.5 Å². The zero-order valence-corrected chi connectivity index (χ0v) is 27.3. The third-order valence-corrected chi connectivity index (χ3v) is 9.84. The van der Waals surface area contributed by atoms with Crippen LogP contribution >= 0.6 is 0 Å². The number of aliphatic hydroxyl groups excluding tert-OH is 2. The van der Waals surface area contributed by atoms with Gasteiger partial charge in [0.05, 0.1) is 31.6 Å². The SMILES string of the molecule is COC(=O)C1CCC(CC(=O)Cc2ccc(-c3ccc(O)c4c3CC(CC(CCO)C(CO)C(=O)CC(C)=O)CC4=O)cc2)CC1.O.[HH].[HH]. The summed E-state index contributed by atoms with van der Waals surface area (Å²) in [6.07, 6.45) is 4.99. The molecule has 4 rings (SSSR count). The number of carbonyl (C=O) groups excluding carboxylic acids is 5. The van der Waals surface area contributed by atoms with E-state index in [9.17, 15) is 39.3 Å². The van der Waals surface area contributed by atoms with Crippen LogP contribution in [0.4, 0.5) is 0 Å². The molecule has 0 amide bonds. The number of hydrogen-bond donors (Lipinski definition) is 3. The third-order valence-electron chi connectivity index (χ3n) is 9.84. The largest absolute Gasteiger partial charge is 0.507 e. The van der Waals surface area contributed by atoms with Gasteiger partial charge in [0.1, 0.15) is 23.1 Å². The maximum absolute atomic E-state index is 13.3. The second-order valence-corrected chi connectivity index (χ2v) is 13.2. The molecular formula is C37H52O10. The van der Waals surface area contributed by atoms with Gasteiger partial charge in [-0.25, -0.2) is 0 Å². The van der Waals surface area contributed by atoms with Crippen molar-refractivity contribution in [3.05, 3.63) is 53.1 Å². The number of aromatic hydroxyl groups is 1. The number of hydrogen-bond acceptors (Lipinski definition) is 9. The fourth-order valence-electron chi connectivity index (χ4n) is 7.48. The quantitative estimate of drug-likeness (QED) is 0.183. The monoisotopic (exact) mass is 656 g/mol. The van der Waals surface area contributed by atoms with E-state index in [0.29, 0.717) is 36.8 Å². The molecule has 0 aliphatic heterocycles. The van der Waals surface area contributed by atoms with Crippen LogP contribution in [-0.4, -0.2) is 70.2 Å². The van der Waals surface area contributed by atoms with Crippen LogP contribution < -0.4 is 0 Å². The van der Waals surface area contributed by atoms with E-state index < -0.39 is 18.4 Å². The second-order valence-electron chi connectivity index (χ2n) is 13.2. The average molecular weight is 657 g/mol. The summed E-state index contributed by atoms with van der Waals surface area (Å²) < 4.78 is 4.86. The first-order valence-electron chi connectivity index (χ1n) is 16.3. The van der Waals surface area contributed by atoms with Crippen molar-refractivity contribution in [3.8, 4) is 16.9 Å². The van der Waals surface area contributed by atoms with Gasteiger partial charge in [-0.05, 0) is 97.9 Å². The Morgan fingerprint density at radius 1 is 0.957 bits per heavy atom. The van der Waals surface area contributed by atoms with Gasteiger partial charge in [-0.1, -0.05) is 30.3 Å². The van der Waals surface area contributed by atoms with Crippen LogP contribution in [0, 0.1) is 29.6 Å². The van der Waals surface area contributed by atoms with Gasteiger partial charge in [0.2, 0.25) is 0 Å². The smallest absolute Gasteiger partial charge is 0.308 e. The number of carbonyl (C=O) groups is 5. The highest BCUT2D eigenvalue weighted by molar-refractivity contribution is 6.03. The number of esters is 1. The van der Waals surface area contributed by atoms with Crippen LogP contribution in [0.3, 0.4) is 0 Å². The number of fused-ring (bicyclic) bond motifs is 1. The lowest BCUT2D eigenvalue weighted by Gasteiger charge is -2.31. The topological polar surface area (TPSA) is 187 Å². The summed E-state index contributed by atoms with van der Waals surface area (Å²) in [5.74, 6) is -2.13. The van der Waals surface area contributed by atoms with Crippen LogP contribution in [-0.2, 0) is 36.8 Å². The Hall–Kier alpha value is -3.73. The summed E-state index contributed by atoms with van der Waals surface area (Å²) in [6, 6.07) is 11.0. The number of rotatable bonds is 15. The Morgan fingerprint density at radius 3 is 2.23 bits per heavy atom. The molecule has 0 bridgehead atoms. The summed E-state index contributed by atoms with van der Waals surface area (Å²) in [6.45, 7) is 0.693. The van der Waals surface area contributed by atoms with E-state index in [1.807, 2.05) is 24.3 Å². The van der Waals surface area contributed by atoms with E-state index in [1.165, 1.54) is 20.1 Å². The number of Topliss-reactive ketones (excluding diaryl/α,β-unsaturated/α-hetero) is 4. The number of phenolic OH excluding ortho intramolecular Hbond substituents is 1. The summed E-state index contributed by atoms with van der Waals surface area (Å²) in [4.78, 5) is 62.3. The lowest BCUT2D eigenvalue weighted by Crippen LogP contribution is -2.32. The van der Waals surface area contributed by atoms with Gasteiger partial charge >= 0.3 is 5.97 Å². The molecule has 2 aliphatic carbocycles. The van der Waals surface area contributed by atoms with Crippen LogP contribution in [0.15, 0.2) is 36.4 Å². The van der Waals surface area contributed by atoms with Crippen molar-refractivity contribution in [3.63, 3.8) is 0 Å². The minimum absolute atomic E-state index is 0. The first kappa shape index (κ1) is 37.7. The lowest BCUT2D eigenvalue weighted by molar-refractivity contribution is -0.146. The molecule has 0 heterocycles. The molecular weight excluding hydrogens is 604 g/mol. The van der Waals surface area contributed by atoms with Crippen molar-refractivity contribution in [1.82, 2.24) is 0 Å². The molecule has 0 radical (unpaired) electrons. The molecule has 3 atom stereocenters. The van der Waals surface area contributed by atoms with E-state index in [-0.39, 0.29) is 86.8 Å². The molecule has 0 saturated heterocycles. The standard InChI is InChI=1S/C37H46O9.H2O.2H2/c1-22(40)15-34(43)32(21-39)28(13-14-38)16-25-19-31-30(11-12-33(42)36(31)35(44)20-25)26-7-3-23(4-8-26)17-29(41)18-24-5-9-27(10-6-24)37(45)46-2;;;/h3-4,7-8,11-12,24-25,27-28,32,38-39,42H,5-6,9-10,13-21H2,1-2H3;1H2;2*1H. The molecule has 1 saturated carbocycles. The van der Waals surface area contributed by atoms with Crippen molar-refractivity contribution < 1.29 is 52.4 Å². The highest BCUT2D eigenvalue weighted by Crippen LogP contribution is 2.41. The maximum atomic E-state index is 13.3. The lowest BCUT2D eigenvalue weighted by atomic mass is 9.72. The summed E-state index contributed by atoms with van der Waals surface area (Å²) in [5.41, 5.74) is 3.54. The van der Waals surface area contributed by atoms with Gasteiger partial charge in [-0.2, -0.15) is 0 Å². The van der Waals surface area contributed by atoms with Gasteiger partial charge in [-0.3, -0.25) is 24.0 Å². The normalized spacial score (nSPS) is 20.3. The molecule has 47 heavy (non-hydrogen) atoms. The molecule has 5 N–H and O–H groups in total. The van der Waals surface area contributed by atoms with Crippen molar-refractivity contribution >= 4 is 29.1 Å². The molecule has 260 valence electrons. The summed E-state index contributed by atoms with van der Waals surface area (Å²) in [7, 11) is 1.41. The van der Waals surface area contributed by atoms with Crippen molar-refractivity contribution in [2.75, 3.05) is 20.3 Å². The molecule has 0 spiro atoms. The van der Waals surface area contributed by atoms with Crippen molar-refractivity contribution in [1.29, 1.82) is 0 Å². The Bertz CT molecular complexity index is 1430. The van der Waals surface area contributed by atoms with Gasteiger partial charge in [-0.15, -0.1) is 0 Å². The second kappa shape index (κ2) is 17.4. The van der Waals surface area contributed by atoms with Crippen LogP contribution in [0.5, 0.6) is 5.75 Å². The number of phenols is 1. The van der Waals surface area contributed by atoms with Gasteiger partial charge in [0.25, 0.3) is 0 Å². The zero-order chi connectivity index (χ0) is 33.4. The Morgan fingerprint density at radius 2 is 1.64 bits per heavy atom. The minimum Gasteiger partial charge on any atom is -0.507 e. The predicted octanol–water partition coefficient (Wildman–Crippen LogP) is 4.50. The van der Waals surface area contributed by atoms with E-state index in [1.54, 1.807) is 6.07 Å². The number of benzene rings is 2. The van der Waals surface area contributed by atoms with Crippen molar-refractivity contribution in [2.45, 2.75) is 77.6 Å². The minimum atomic E-state index is -0.804. The van der Waals surface area contributed by atoms with Crippen LogP contribution in [0.2, 0.25) is 0 Å². The highest BCUT2D eigenvalue weighted by Gasteiger charge is 2.35. The molecule has 2 aromatic rings. The van der Waals surface area contributed by atoms with Gasteiger partial charge in [0, 0.05) is 34.6 Å². The third kappa shape index (κ3) is 9.65. The predicted molar refractivity (Wildman–Crippen MR) is 179 cm³/mol. The number of aliphatic hydroxyl groups is 2. The van der Waals surface area contributed by atoms with E-state index >= 15 is 0 Å². The molecule has 1 fully saturated rings. The van der Waals surface area contributed by atoms with Crippen molar-refractivity contribution in [2.24, 2.45) is 29.6 Å². The molecule has 10 nitrogen and oxygen atoms in total. The molecule has 3 unspecified atom stereocenters. The van der Waals surface area contributed by atoms with Crippen LogP contribution in [0.1, 0.15) is 89.0 Å². The summed E-state index contributed by atoms with van der Waals surface area (Å²) in [5, 5.41) is 30.4. The fraction of sp³-hybridized carbons (Fsp3) is 0.541. The summed E-state index contributed by atoms with van der Waals surface area (Å²) >= 11 is 0. The van der Waals surface area contributed by atoms with E-state index in [2.05, 4.69) is 0 Å². The Balaban J connectivity index is 0.00000400. The molecule has 2 aromatic carbocycles. The Kier molecular flexibility index (Phi) is 14.0. The number of methoxy groups -OCH3 is 1. The Labute approximate surface area is 278 Å². The fourth-order valence-corrected chi connectivity index (χ4v) is 7.48. The number of ketones is 4. The van der Waals surface area contributed by atoms with Crippen LogP contribution in [0.25, 0.3) is 11.1 Å². The number of ether oxygens (including phenoxy) is 1. The maximum Gasteiger partial charge on any atom is 0.308 e. The first-order valence-corrected chi connectivity index (χ1v) is 16.3.